The molecule has 0 bridgehead atoms. The number of aromatic nitrogens is 1. The maximum absolute atomic E-state index is 13.2. The summed E-state index contributed by atoms with van der Waals surface area (Å²) in [6, 6.07) is 7.06. The van der Waals surface area contributed by atoms with E-state index in [1.165, 1.54) is 6.07 Å². The molecule has 18 heavy (non-hydrogen) atoms. The first-order valence-electron chi connectivity index (χ1n) is 6.11. The molecule has 0 radical (unpaired) electrons. The summed E-state index contributed by atoms with van der Waals surface area (Å²) in [5, 5.41) is 6.56. The molecule has 2 rings (SSSR count). The van der Waals surface area contributed by atoms with Crippen LogP contribution >= 0.6 is 11.3 Å². The first-order valence-corrected chi connectivity index (χ1v) is 6.99. The minimum Gasteiger partial charge on any atom is -0.301 e. The highest BCUT2D eigenvalue weighted by atomic mass is 32.1. The second-order valence-corrected chi connectivity index (χ2v) is 5.20. The number of benzene rings is 1. The van der Waals surface area contributed by atoms with Gasteiger partial charge in [-0.3, -0.25) is 0 Å². The van der Waals surface area contributed by atoms with E-state index in [0.717, 1.165) is 17.0 Å². The van der Waals surface area contributed by atoms with Gasteiger partial charge in [0, 0.05) is 17.6 Å². The highest BCUT2D eigenvalue weighted by Crippen LogP contribution is 2.23. The Labute approximate surface area is 111 Å². The Balaban J connectivity index is 2.08. The van der Waals surface area contributed by atoms with Crippen molar-refractivity contribution in [3.8, 4) is 0 Å². The Morgan fingerprint density at radius 2 is 2.28 bits per heavy atom. The molecule has 0 spiro atoms. The van der Waals surface area contributed by atoms with Crippen LogP contribution < -0.4 is 5.32 Å². The number of rotatable bonds is 5. The molecule has 0 saturated carbocycles. The first-order chi connectivity index (χ1) is 8.70. The van der Waals surface area contributed by atoms with Crippen molar-refractivity contribution >= 4 is 11.3 Å². The van der Waals surface area contributed by atoms with Crippen molar-refractivity contribution in [1.82, 2.24) is 10.3 Å². The van der Waals surface area contributed by atoms with Crippen LogP contribution in [-0.4, -0.2) is 4.98 Å². The lowest BCUT2D eigenvalue weighted by molar-refractivity contribution is 0.453. The summed E-state index contributed by atoms with van der Waals surface area (Å²) in [6.07, 6.45) is 2.78. The molecule has 2 unspecified atom stereocenters. The standard InChI is InChI=1S/C14H17FN2S/c1-3-13(14-16-7-8-18-14)17-10(2)11-5-4-6-12(15)9-11/h4-10,13,17H,3H2,1-2H3. The SMILES string of the molecule is CCC(NC(C)c1cccc(F)c1)c1nccs1. The first kappa shape index (κ1) is 13.2. The fraction of sp³-hybridized carbons (Fsp3) is 0.357. The van der Waals surface area contributed by atoms with E-state index in [-0.39, 0.29) is 17.9 Å². The van der Waals surface area contributed by atoms with Gasteiger partial charge in [-0.15, -0.1) is 11.3 Å². The van der Waals surface area contributed by atoms with Crippen LogP contribution in [0.1, 0.15) is 42.9 Å². The van der Waals surface area contributed by atoms with Crippen LogP contribution in [0.3, 0.4) is 0 Å². The van der Waals surface area contributed by atoms with Crippen LogP contribution in [0.4, 0.5) is 4.39 Å². The van der Waals surface area contributed by atoms with Gasteiger partial charge >= 0.3 is 0 Å². The summed E-state index contributed by atoms with van der Waals surface area (Å²) in [5.74, 6) is -0.191. The molecular weight excluding hydrogens is 247 g/mol. The van der Waals surface area contributed by atoms with Crippen molar-refractivity contribution < 1.29 is 4.39 Å². The predicted molar refractivity (Wildman–Crippen MR) is 73.1 cm³/mol. The molecule has 2 atom stereocenters. The number of halogens is 1. The second kappa shape index (κ2) is 6.07. The van der Waals surface area contributed by atoms with Gasteiger partial charge in [0.05, 0.1) is 6.04 Å². The minimum atomic E-state index is -0.191. The van der Waals surface area contributed by atoms with Crippen molar-refractivity contribution in [3.63, 3.8) is 0 Å². The Kier molecular flexibility index (Phi) is 4.44. The van der Waals surface area contributed by atoms with E-state index in [1.54, 1.807) is 23.5 Å². The molecule has 0 aliphatic rings. The molecule has 96 valence electrons. The number of hydrogen-bond acceptors (Lipinski definition) is 3. The summed E-state index contributed by atoms with van der Waals surface area (Å²) in [5.41, 5.74) is 0.963. The van der Waals surface area contributed by atoms with Gasteiger partial charge in [0.15, 0.2) is 0 Å². The molecule has 0 aliphatic heterocycles. The molecule has 0 fully saturated rings. The third-order valence-electron chi connectivity index (χ3n) is 2.96. The van der Waals surface area contributed by atoms with Crippen LogP contribution in [0.5, 0.6) is 0 Å². The van der Waals surface area contributed by atoms with Crippen LogP contribution in [-0.2, 0) is 0 Å². The van der Waals surface area contributed by atoms with Gasteiger partial charge < -0.3 is 5.32 Å². The monoisotopic (exact) mass is 264 g/mol. The zero-order chi connectivity index (χ0) is 13.0. The molecular formula is C14H17FN2S. The predicted octanol–water partition coefficient (Wildman–Crippen LogP) is 4.08. The third kappa shape index (κ3) is 3.15. The highest BCUT2D eigenvalue weighted by molar-refractivity contribution is 7.09. The number of thiazole rings is 1. The van der Waals surface area contributed by atoms with E-state index in [0.29, 0.717) is 0 Å². The number of nitrogens with one attached hydrogen (secondary N) is 1. The van der Waals surface area contributed by atoms with Crippen molar-refractivity contribution in [1.29, 1.82) is 0 Å². The van der Waals surface area contributed by atoms with Crippen molar-refractivity contribution in [2.24, 2.45) is 0 Å². The van der Waals surface area contributed by atoms with Gasteiger partial charge in [0.25, 0.3) is 0 Å². The Morgan fingerprint density at radius 1 is 1.44 bits per heavy atom. The summed E-state index contributed by atoms with van der Waals surface area (Å²) < 4.78 is 13.2. The largest absolute Gasteiger partial charge is 0.301 e. The molecule has 1 aromatic carbocycles. The third-order valence-corrected chi connectivity index (χ3v) is 3.85. The molecule has 0 amide bonds. The summed E-state index contributed by atoms with van der Waals surface area (Å²) in [7, 11) is 0. The van der Waals surface area contributed by atoms with E-state index in [4.69, 9.17) is 0 Å². The van der Waals surface area contributed by atoms with Crippen LogP contribution in [0.15, 0.2) is 35.8 Å². The average Bonchev–Trinajstić information content (AvgIpc) is 2.89. The molecule has 4 heteroatoms. The molecule has 0 aliphatic carbocycles. The van der Waals surface area contributed by atoms with Gasteiger partial charge in [-0.1, -0.05) is 19.1 Å². The maximum Gasteiger partial charge on any atom is 0.123 e. The van der Waals surface area contributed by atoms with Gasteiger partial charge in [0.2, 0.25) is 0 Å². The van der Waals surface area contributed by atoms with Crippen LogP contribution in [0.25, 0.3) is 0 Å². The topological polar surface area (TPSA) is 24.9 Å². The van der Waals surface area contributed by atoms with Crippen molar-refractivity contribution in [2.45, 2.75) is 32.4 Å². The molecule has 0 saturated heterocycles. The average molecular weight is 264 g/mol. The fourth-order valence-corrected chi connectivity index (χ4v) is 2.73. The maximum atomic E-state index is 13.2. The van der Waals surface area contributed by atoms with Gasteiger partial charge in [0.1, 0.15) is 10.8 Å². The van der Waals surface area contributed by atoms with Gasteiger partial charge in [-0.2, -0.15) is 0 Å². The van der Waals surface area contributed by atoms with Gasteiger partial charge in [-0.25, -0.2) is 9.37 Å². The summed E-state index contributed by atoms with van der Waals surface area (Å²) in [6.45, 7) is 4.17. The van der Waals surface area contributed by atoms with E-state index >= 15 is 0 Å². The minimum absolute atomic E-state index is 0.106. The van der Waals surface area contributed by atoms with E-state index in [1.807, 2.05) is 24.6 Å². The van der Waals surface area contributed by atoms with E-state index in [2.05, 4.69) is 17.2 Å². The Hall–Kier alpha value is -1.26. The Bertz CT molecular complexity index is 484. The number of hydrogen-bond donors (Lipinski definition) is 1. The smallest absolute Gasteiger partial charge is 0.123 e. The lowest BCUT2D eigenvalue weighted by Gasteiger charge is -2.21. The van der Waals surface area contributed by atoms with Gasteiger partial charge in [-0.05, 0) is 31.0 Å². The molecule has 1 N–H and O–H groups in total. The number of nitrogens with zero attached hydrogens (tertiary/aromatic N) is 1. The van der Waals surface area contributed by atoms with Crippen LogP contribution in [0, 0.1) is 5.82 Å². The normalized spacial score (nSPS) is 14.4. The van der Waals surface area contributed by atoms with E-state index < -0.39 is 0 Å². The highest BCUT2D eigenvalue weighted by Gasteiger charge is 2.15. The quantitative estimate of drug-likeness (QED) is 0.880. The zero-order valence-electron chi connectivity index (χ0n) is 10.6. The second-order valence-electron chi connectivity index (χ2n) is 4.27. The van der Waals surface area contributed by atoms with E-state index in [9.17, 15) is 4.39 Å². The molecule has 1 heterocycles. The summed E-state index contributed by atoms with van der Waals surface area (Å²) >= 11 is 1.65. The lowest BCUT2D eigenvalue weighted by Crippen LogP contribution is -2.24. The summed E-state index contributed by atoms with van der Waals surface area (Å²) in [4.78, 5) is 4.33. The van der Waals surface area contributed by atoms with Crippen LogP contribution in [0.2, 0.25) is 0 Å². The zero-order valence-corrected chi connectivity index (χ0v) is 11.4. The lowest BCUT2D eigenvalue weighted by atomic mass is 10.1. The molecule has 1 aromatic heterocycles. The fourth-order valence-electron chi connectivity index (χ4n) is 1.94. The van der Waals surface area contributed by atoms with Crippen molar-refractivity contribution in [2.75, 3.05) is 0 Å². The van der Waals surface area contributed by atoms with Crippen molar-refractivity contribution in [3.05, 3.63) is 52.2 Å². The Morgan fingerprint density at radius 3 is 2.89 bits per heavy atom. The molecule has 2 nitrogen and oxygen atoms in total. The molecule has 2 aromatic rings.